The number of halogens is 1. The van der Waals surface area contributed by atoms with Gasteiger partial charge in [-0.05, 0) is 43.2 Å². The standard InChI is InChI=1S/C21H24N4O2.ClH/c22-21(27)16-9-19(23-17-5-2-1-4-15(16)17)24-10-13-8-14(12-24)18-6-3-7-20(26)25(18)11-13;/h1-2,4-5,9,13-14,18H,3,6-8,10-12H2,(H2,22,27);1H/t13-,14+,18-;/m0./s1. The van der Waals surface area contributed by atoms with Crippen LogP contribution in [0, 0.1) is 11.8 Å². The van der Waals surface area contributed by atoms with E-state index in [9.17, 15) is 9.59 Å². The van der Waals surface area contributed by atoms with E-state index in [-0.39, 0.29) is 12.4 Å². The summed E-state index contributed by atoms with van der Waals surface area (Å²) in [5, 5.41) is 0.801. The van der Waals surface area contributed by atoms with Crippen molar-refractivity contribution >= 4 is 40.9 Å². The third-order valence-corrected chi connectivity index (χ3v) is 6.47. The Hall–Kier alpha value is -2.34. The quantitative estimate of drug-likeness (QED) is 0.840. The molecule has 1 aromatic heterocycles. The number of hydrogen-bond acceptors (Lipinski definition) is 4. The second kappa shape index (κ2) is 7.24. The molecule has 2 amide bonds. The monoisotopic (exact) mass is 400 g/mol. The van der Waals surface area contributed by atoms with Gasteiger partial charge in [-0.3, -0.25) is 9.59 Å². The molecular weight excluding hydrogens is 376 g/mol. The number of fused-ring (bicyclic) bond motifs is 5. The molecule has 2 N–H and O–H groups in total. The second-order valence-corrected chi connectivity index (χ2v) is 8.18. The molecule has 3 aliphatic heterocycles. The summed E-state index contributed by atoms with van der Waals surface area (Å²) in [6, 6.07) is 9.85. The summed E-state index contributed by atoms with van der Waals surface area (Å²) in [6.07, 6.45) is 3.99. The summed E-state index contributed by atoms with van der Waals surface area (Å²) in [7, 11) is 0. The molecule has 0 aliphatic carbocycles. The highest BCUT2D eigenvalue weighted by Crippen LogP contribution is 2.39. The Kier molecular flexibility index (Phi) is 4.91. The summed E-state index contributed by atoms with van der Waals surface area (Å²) < 4.78 is 0. The number of nitrogens with two attached hydrogens (primary N) is 1. The number of aromatic nitrogens is 1. The first-order chi connectivity index (χ1) is 13.1. The molecule has 5 rings (SSSR count). The fourth-order valence-corrected chi connectivity index (χ4v) is 5.32. The van der Waals surface area contributed by atoms with Crippen LogP contribution in [0.4, 0.5) is 5.82 Å². The van der Waals surface area contributed by atoms with Crippen molar-refractivity contribution in [2.24, 2.45) is 17.6 Å². The number of hydrogen-bond donors (Lipinski definition) is 1. The molecule has 2 aromatic rings. The van der Waals surface area contributed by atoms with Crippen LogP contribution in [0.1, 0.15) is 36.0 Å². The van der Waals surface area contributed by atoms with Crippen molar-refractivity contribution in [2.75, 3.05) is 24.5 Å². The normalized spacial score (nSPS) is 26.6. The average Bonchev–Trinajstić information content (AvgIpc) is 2.67. The lowest BCUT2D eigenvalue weighted by Crippen LogP contribution is -2.60. The Morgan fingerprint density at radius 2 is 2.00 bits per heavy atom. The van der Waals surface area contributed by atoms with E-state index in [1.807, 2.05) is 30.3 Å². The number of piperidine rings is 3. The van der Waals surface area contributed by atoms with E-state index < -0.39 is 5.91 Å². The topological polar surface area (TPSA) is 79.5 Å². The van der Waals surface area contributed by atoms with Crippen LogP contribution in [0.2, 0.25) is 0 Å². The van der Waals surface area contributed by atoms with E-state index in [0.717, 1.165) is 49.2 Å². The van der Waals surface area contributed by atoms with Gasteiger partial charge in [-0.2, -0.15) is 0 Å². The number of pyridine rings is 1. The maximum Gasteiger partial charge on any atom is 0.249 e. The SMILES string of the molecule is Cl.NC(=O)c1cc(N2C[C@@H]3C[C@H](C2)[C@@H]2CCCC(=O)N2C3)nc2ccccc12. The van der Waals surface area contributed by atoms with Crippen molar-refractivity contribution in [1.82, 2.24) is 9.88 Å². The van der Waals surface area contributed by atoms with E-state index in [4.69, 9.17) is 10.7 Å². The van der Waals surface area contributed by atoms with Gasteiger partial charge >= 0.3 is 0 Å². The highest BCUT2D eigenvalue weighted by molar-refractivity contribution is 6.06. The lowest BCUT2D eigenvalue weighted by Gasteiger charge is -2.52. The first-order valence-corrected chi connectivity index (χ1v) is 9.84. The summed E-state index contributed by atoms with van der Waals surface area (Å²) in [6.45, 7) is 2.61. The van der Waals surface area contributed by atoms with E-state index in [0.29, 0.717) is 35.8 Å². The van der Waals surface area contributed by atoms with Gasteiger partial charge in [-0.15, -0.1) is 12.4 Å². The molecule has 0 radical (unpaired) electrons. The molecule has 4 heterocycles. The third kappa shape index (κ3) is 3.09. The van der Waals surface area contributed by atoms with Gasteiger partial charge in [0.2, 0.25) is 11.8 Å². The molecule has 6 nitrogen and oxygen atoms in total. The van der Waals surface area contributed by atoms with E-state index in [2.05, 4.69) is 9.80 Å². The van der Waals surface area contributed by atoms with Crippen molar-refractivity contribution < 1.29 is 9.59 Å². The summed E-state index contributed by atoms with van der Waals surface area (Å²) >= 11 is 0. The highest BCUT2D eigenvalue weighted by Gasteiger charge is 2.44. The minimum atomic E-state index is -0.420. The summed E-state index contributed by atoms with van der Waals surface area (Å²) in [4.78, 5) is 33.6. The lowest BCUT2D eigenvalue weighted by molar-refractivity contribution is -0.142. The van der Waals surface area contributed by atoms with Crippen LogP contribution in [0.3, 0.4) is 0 Å². The largest absolute Gasteiger partial charge is 0.366 e. The van der Waals surface area contributed by atoms with Crippen molar-refractivity contribution in [3.63, 3.8) is 0 Å². The molecule has 0 saturated carbocycles. The van der Waals surface area contributed by atoms with Gasteiger partial charge < -0.3 is 15.5 Å². The van der Waals surface area contributed by atoms with Crippen LogP contribution < -0.4 is 10.6 Å². The Morgan fingerprint density at radius 1 is 1.18 bits per heavy atom. The molecule has 0 spiro atoms. The van der Waals surface area contributed by atoms with Gasteiger partial charge in [0.05, 0.1) is 11.1 Å². The zero-order valence-electron chi connectivity index (χ0n) is 15.7. The van der Waals surface area contributed by atoms with Crippen LogP contribution >= 0.6 is 12.4 Å². The van der Waals surface area contributed by atoms with E-state index in [1.165, 1.54) is 6.42 Å². The van der Waals surface area contributed by atoms with Crippen LogP contribution in [-0.4, -0.2) is 47.4 Å². The molecule has 3 atom stereocenters. The molecule has 2 bridgehead atoms. The maximum absolute atomic E-state index is 12.3. The Balaban J connectivity index is 0.00000192. The fraction of sp³-hybridized carbons (Fsp3) is 0.476. The van der Waals surface area contributed by atoms with E-state index in [1.54, 1.807) is 0 Å². The Bertz CT molecular complexity index is 934. The minimum Gasteiger partial charge on any atom is -0.366 e. The van der Waals surface area contributed by atoms with Crippen LogP contribution in [-0.2, 0) is 4.79 Å². The molecule has 28 heavy (non-hydrogen) atoms. The number of amides is 2. The smallest absolute Gasteiger partial charge is 0.249 e. The van der Waals surface area contributed by atoms with E-state index >= 15 is 0 Å². The van der Waals surface area contributed by atoms with Crippen LogP contribution in [0.5, 0.6) is 0 Å². The highest BCUT2D eigenvalue weighted by atomic mass is 35.5. The Labute approximate surface area is 170 Å². The number of carbonyl (C=O) groups is 2. The van der Waals surface area contributed by atoms with Crippen molar-refractivity contribution in [1.29, 1.82) is 0 Å². The number of anilines is 1. The van der Waals surface area contributed by atoms with Gasteiger partial charge in [0.25, 0.3) is 0 Å². The number of rotatable bonds is 2. The Morgan fingerprint density at radius 3 is 2.82 bits per heavy atom. The summed E-state index contributed by atoms with van der Waals surface area (Å²) in [5.74, 6) is 1.68. The number of nitrogens with zero attached hydrogens (tertiary/aromatic N) is 3. The van der Waals surface area contributed by atoms with Crippen LogP contribution in [0.15, 0.2) is 30.3 Å². The number of carbonyl (C=O) groups excluding carboxylic acids is 2. The molecule has 3 fully saturated rings. The van der Waals surface area contributed by atoms with Crippen molar-refractivity contribution in [2.45, 2.75) is 31.7 Å². The van der Waals surface area contributed by atoms with Crippen molar-refractivity contribution in [3.05, 3.63) is 35.9 Å². The summed E-state index contributed by atoms with van der Waals surface area (Å²) in [5.41, 5.74) is 6.97. The predicted molar refractivity (Wildman–Crippen MR) is 111 cm³/mol. The van der Waals surface area contributed by atoms with Gasteiger partial charge in [0.15, 0.2) is 0 Å². The lowest BCUT2D eigenvalue weighted by atomic mass is 9.76. The molecule has 3 saturated heterocycles. The fourth-order valence-electron chi connectivity index (χ4n) is 5.32. The number of primary amides is 1. The molecular formula is C21H25ClN4O2. The maximum atomic E-state index is 12.3. The first-order valence-electron chi connectivity index (χ1n) is 9.84. The molecule has 3 aliphatic rings. The third-order valence-electron chi connectivity index (χ3n) is 6.47. The van der Waals surface area contributed by atoms with Crippen molar-refractivity contribution in [3.8, 4) is 0 Å². The molecule has 0 unspecified atom stereocenters. The molecule has 7 heteroatoms. The second-order valence-electron chi connectivity index (χ2n) is 8.18. The van der Waals surface area contributed by atoms with Gasteiger partial charge in [0.1, 0.15) is 5.82 Å². The molecule has 148 valence electrons. The zero-order chi connectivity index (χ0) is 18.5. The number of para-hydroxylation sites is 1. The van der Waals surface area contributed by atoms with Gasteiger partial charge in [-0.25, -0.2) is 4.98 Å². The van der Waals surface area contributed by atoms with Gasteiger partial charge in [0, 0.05) is 37.5 Å². The number of benzene rings is 1. The first kappa shape index (κ1) is 19.0. The van der Waals surface area contributed by atoms with Crippen LogP contribution in [0.25, 0.3) is 10.9 Å². The van der Waals surface area contributed by atoms with Gasteiger partial charge in [-0.1, -0.05) is 18.2 Å². The predicted octanol–water partition coefficient (Wildman–Crippen LogP) is 2.59. The minimum absolute atomic E-state index is 0. The average molecular weight is 401 g/mol. The molecule has 1 aromatic carbocycles. The zero-order valence-corrected chi connectivity index (χ0v) is 16.5.